The molecule has 0 bridgehead atoms. The number of aryl methyl sites for hydroxylation is 1. The lowest BCUT2D eigenvalue weighted by Crippen LogP contribution is -2.12. The van der Waals surface area contributed by atoms with E-state index in [0.717, 1.165) is 22.7 Å². The van der Waals surface area contributed by atoms with Gasteiger partial charge in [-0.25, -0.2) is 4.98 Å². The van der Waals surface area contributed by atoms with Crippen molar-refractivity contribution in [3.05, 3.63) is 59.2 Å². The Morgan fingerprint density at radius 1 is 1.17 bits per heavy atom. The topological polar surface area (TPSA) is 64.1 Å². The summed E-state index contributed by atoms with van der Waals surface area (Å²) in [5, 5.41) is 5.26. The predicted molar refractivity (Wildman–Crippen MR) is 91.0 cm³/mol. The maximum absolute atomic E-state index is 12.2. The van der Waals surface area contributed by atoms with E-state index in [9.17, 15) is 4.79 Å². The molecular weight excluding hydrogens is 310 g/mol. The zero-order valence-electron chi connectivity index (χ0n) is 12.7. The third-order valence-electron chi connectivity index (χ3n) is 3.28. The van der Waals surface area contributed by atoms with Gasteiger partial charge in [-0.3, -0.25) is 15.1 Å². The summed E-state index contributed by atoms with van der Waals surface area (Å²) in [6, 6.07) is 11.2. The van der Waals surface area contributed by atoms with E-state index >= 15 is 0 Å². The van der Waals surface area contributed by atoms with Gasteiger partial charge in [0.05, 0.1) is 18.4 Å². The van der Waals surface area contributed by atoms with Crippen LogP contribution in [0.15, 0.2) is 48.0 Å². The molecule has 0 aliphatic rings. The van der Waals surface area contributed by atoms with Crippen molar-refractivity contribution in [2.24, 2.45) is 0 Å². The van der Waals surface area contributed by atoms with Gasteiger partial charge in [-0.05, 0) is 43.3 Å². The number of nitrogens with one attached hydrogen (secondary N) is 1. The van der Waals surface area contributed by atoms with Gasteiger partial charge in [0.25, 0.3) is 5.91 Å². The van der Waals surface area contributed by atoms with E-state index in [1.54, 1.807) is 25.4 Å². The average molecular weight is 325 g/mol. The van der Waals surface area contributed by atoms with E-state index in [2.05, 4.69) is 15.3 Å². The summed E-state index contributed by atoms with van der Waals surface area (Å²) in [6.45, 7) is 1.88. The van der Waals surface area contributed by atoms with Gasteiger partial charge >= 0.3 is 0 Å². The molecule has 1 amide bonds. The molecule has 0 fully saturated rings. The van der Waals surface area contributed by atoms with Crippen LogP contribution in [0.4, 0.5) is 5.13 Å². The number of hydrogen-bond acceptors (Lipinski definition) is 5. The second-order valence-electron chi connectivity index (χ2n) is 4.91. The van der Waals surface area contributed by atoms with Crippen LogP contribution in [-0.2, 0) is 0 Å². The summed E-state index contributed by atoms with van der Waals surface area (Å²) in [5.41, 5.74) is 3.17. The third-order valence-corrected chi connectivity index (χ3v) is 4.04. The van der Waals surface area contributed by atoms with Gasteiger partial charge < -0.3 is 4.74 Å². The molecule has 2 aromatic heterocycles. The van der Waals surface area contributed by atoms with Crippen molar-refractivity contribution in [1.29, 1.82) is 0 Å². The van der Waals surface area contributed by atoms with E-state index in [-0.39, 0.29) is 5.91 Å². The largest absolute Gasteiger partial charge is 0.497 e. The summed E-state index contributed by atoms with van der Waals surface area (Å²) in [4.78, 5) is 20.7. The summed E-state index contributed by atoms with van der Waals surface area (Å²) in [5.74, 6) is 0.581. The molecule has 0 aliphatic heterocycles. The van der Waals surface area contributed by atoms with Gasteiger partial charge in [0.15, 0.2) is 5.13 Å². The lowest BCUT2D eigenvalue weighted by Gasteiger charge is -2.02. The van der Waals surface area contributed by atoms with Crippen molar-refractivity contribution < 1.29 is 9.53 Å². The lowest BCUT2D eigenvalue weighted by molar-refractivity contribution is 0.102. The van der Waals surface area contributed by atoms with Crippen molar-refractivity contribution in [3.8, 4) is 17.0 Å². The third kappa shape index (κ3) is 3.54. The van der Waals surface area contributed by atoms with E-state index < -0.39 is 0 Å². The molecule has 0 aliphatic carbocycles. The molecule has 5 nitrogen and oxygen atoms in total. The van der Waals surface area contributed by atoms with Crippen LogP contribution in [0.1, 0.15) is 16.1 Å². The molecule has 1 N–H and O–H groups in total. The first-order valence-corrected chi connectivity index (χ1v) is 7.87. The Hall–Kier alpha value is -2.73. The molecule has 0 saturated heterocycles. The fraction of sp³-hybridized carbons (Fsp3) is 0.118. The minimum atomic E-state index is -0.215. The fourth-order valence-corrected chi connectivity index (χ4v) is 2.71. The Morgan fingerprint density at radius 2 is 1.96 bits per heavy atom. The van der Waals surface area contributed by atoms with Gasteiger partial charge in [-0.15, -0.1) is 11.3 Å². The number of pyridine rings is 1. The zero-order valence-corrected chi connectivity index (χ0v) is 13.6. The number of hydrogen-bond donors (Lipinski definition) is 1. The van der Waals surface area contributed by atoms with Crippen molar-refractivity contribution in [3.63, 3.8) is 0 Å². The molecule has 6 heteroatoms. The first kappa shape index (κ1) is 15.2. The first-order valence-electron chi connectivity index (χ1n) is 6.99. The minimum absolute atomic E-state index is 0.215. The number of benzene rings is 1. The van der Waals surface area contributed by atoms with E-state index in [1.807, 2.05) is 36.6 Å². The van der Waals surface area contributed by atoms with Crippen LogP contribution in [0.3, 0.4) is 0 Å². The molecule has 2 heterocycles. The number of aromatic nitrogens is 2. The smallest absolute Gasteiger partial charge is 0.259 e. The highest BCUT2D eigenvalue weighted by atomic mass is 32.1. The number of amides is 1. The number of ether oxygens (including phenoxy) is 1. The van der Waals surface area contributed by atoms with Crippen molar-refractivity contribution in [2.45, 2.75) is 6.92 Å². The van der Waals surface area contributed by atoms with Crippen molar-refractivity contribution in [1.82, 2.24) is 9.97 Å². The highest BCUT2D eigenvalue weighted by molar-refractivity contribution is 7.14. The maximum atomic E-state index is 12.2. The molecule has 0 spiro atoms. The van der Waals surface area contributed by atoms with Gasteiger partial charge in [0, 0.05) is 22.8 Å². The van der Waals surface area contributed by atoms with Crippen LogP contribution in [0.25, 0.3) is 11.3 Å². The Kier molecular flexibility index (Phi) is 4.34. The van der Waals surface area contributed by atoms with Gasteiger partial charge in [0.1, 0.15) is 5.75 Å². The summed E-state index contributed by atoms with van der Waals surface area (Å²) in [6.07, 6.45) is 1.56. The lowest BCUT2D eigenvalue weighted by atomic mass is 10.2. The van der Waals surface area contributed by atoms with Gasteiger partial charge in [0.2, 0.25) is 0 Å². The average Bonchev–Trinajstić information content (AvgIpc) is 3.04. The number of anilines is 1. The van der Waals surface area contributed by atoms with Crippen LogP contribution in [-0.4, -0.2) is 23.0 Å². The molecule has 3 rings (SSSR count). The Morgan fingerprint density at radius 3 is 2.61 bits per heavy atom. The van der Waals surface area contributed by atoms with Crippen LogP contribution < -0.4 is 10.1 Å². The first-order chi connectivity index (χ1) is 11.2. The molecule has 1 aromatic carbocycles. The highest BCUT2D eigenvalue weighted by Crippen LogP contribution is 2.26. The second kappa shape index (κ2) is 6.58. The fourth-order valence-electron chi connectivity index (χ4n) is 2.00. The van der Waals surface area contributed by atoms with E-state index in [4.69, 9.17) is 4.74 Å². The summed E-state index contributed by atoms with van der Waals surface area (Å²) in [7, 11) is 1.63. The molecule has 23 heavy (non-hydrogen) atoms. The minimum Gasteiger partial charge on any atom is -0.497 e. The Labute approximate surface area is 138 Å². The number of carbonyl (C=O) groups is 1. The molecule has 0 saturated carbocycles. The molecule has 116 valence electrons. The SMILES string of the molecule is COc1ccc(-c2csc(NC(=O)c3ccc(C)nc3)n2)cc1. The van der Waals surface area contributed by atoms with E-state index in [1.165, 1.54) is 11.3 Å². The Bertz CT molecular complexity index is 811. The van der Waals surface area contributed by atoms with Crippen molar-refractivity contribution in [2.75, 3.05) is 12.4 Å². The second-order valence-corrected chi connectivity index (χ2v) is 5.77. The molecule has 3 aromatic rings. The standard InChI is InChI=1S/C17H15N3O2S/c1-11-3-4-13(9-18-11)16(21)20-17-19-15(10-23-17)12-5-7-14(22-2)8-6-12/h3-10H,1-2H3,(H,19,20,21). The number of thiazole rings is 1. The Balaban J connectivity index is 1.73. The molecule has 0 unspecified atom stereocenters. The van der Waals surface area contributed by atoms with Crippen LogP contribution in [0, 0.1) is 6.92 Å². The highest BCUT2D eigenvalue weighted by Gasteiger charge is 2.10. The number of methoxy groups -OCH3 is 1. The van der Waals surface area contributed by atoms with E-state index in [0.29, 0.717) is 10.7 Å². The van der Waals surface area contributed by atoms with Crippen LogP contribution in [0.5, 0.6) is 5.75 Å². The molecular formula is C17H15N3O2S. The molecule has 0 atom stereocenters. The maximum Gasteiger partial charge on any atom is 0.259 e. The number of carbonyl (C=O) groups excluding carboxylic acids is 1. The van der Waals surface area contributed by atoms with Gasteiger partial charge in [-0.2, -0.15) is 0 Å². The summed E-state index contributed by atoms with van der Waals surface area (Å²) >= 11 is 1.39. The predicted octanol–water partition coefficient (Wildman–Crippen LogP) is 3.77. The van der Waals surface area contributed by atoms with Crippen LogP contribution >= 0.6 is 11.3 Å². The number of nitrogens with zero attached hydrogens (tertiary/aromatic N) is 2. The quantitative estimate of drug-likeness (QED) is 0.793. The monoisotopic (exact) mass is 325 g/mol. The number of rotatable bonds is 4. The molecule has 0 radical (unpaired) electrons. The van der Waals surface area contributed by atoms with Gasteiger partial charge in [-0.1, -0.05) is 0 Å². The van der Waals surface area contributed by atoms with Crippen molar-refractivity contribution >= 4 is 22.4 Å². The normalized spacial score (nSPS) is 10.3. The zero-order chi connectivity index (χ0) is 16.2. The van der Waals surface area contributed by atoms with Crippen LogP contribution in [0.2, 0.25) is 0 Å². The summed E-state index contributed by atoms with van der Waals surface area (Å²) < 4.78 is 5.14.